The van der Waals surface area contributed by atoms with E-state index in [0.29, 0.717) is 24.2 Å². The molecule has 4 fully saturated rings. The number of hydrogen-bond donors (Lipinski definition) is 4. The molecule has 1 saturated heterocycles. The Morgan fingerprint density at radius 3 is 2.52 bits per heavy atom. The van der Waals surface area contributed by atoms with Crippen LogP contribution in [0, 0.1) is 29.1 Å². The first-order chi connectivity index (χ1) is 18.9. The van der Waals surface area contributed by atoms with Gasteiger partial charge >= 0.3 is 5.97 Å². The first-order valence-electron chi connectivity index (χ1n) is 15.6. The summed E-state index contributed by atoms with van der Waals surface area (Å²) in [6.07, 6.45) is 8.55. The summed E-state index contributed by atoms with van der Waals surface area (Å²) in [5, 5.41) is 39.8. The highest BCUT2D eigenvalue weighted by molar-refractivity contribution is 5.73. The molecule has 0 aromatic heterocycles. The molecule has 40 heavy (non-hydrogen) atoms. The van der Waals surface area contributed by atoms with Crippen LogP contribution in [0.25, 0.3) is 0 Å². The third kappa shape index (κ3) is 6.75. The van der Waals surface area contributed by atoms with Crippen LogP contribution in [0.3, 0.4) is 0 Å². The first-order valence-corrected chi connectivity index (χ1v) is 15.6. The Balaban J connectivity index is 1.42. The molecule has 0 aromatic carbocycles. The van der Waals surface area contributed by atoms with Gasteiger partial charge in [0.05, 0.1) is 6.10 Å². The standard InChI is InChI=1S/C33H52O7/c1-19(2)8-6-9-21(4)25-15-16-26-22(10-7-17-33(25,26)5)12-13-23-18-24(14-11-20(23)3)39-32-29(36)27(34)28(35)30(40-32)31(37)38/h12-13,19,21,24-30,32,34-36H,3,6-11,14-18H2,1-2,4-5H3,(H,37,38)/t21?,24?,25?,26?,27?,28?,29?,30?,32?,33-/m1/s1. The number of aliphatic hydroxyl groups excluding tert-OH is 3. The van der Waals surface area contributed by atoms with Crippen LogP contribution in [0.15, 0.2) is 35.5 Å². The summed E-state index contributed by atoms with van der Waals surface area (Å²) in [6, 6.07) is 0. The normalized spacial score (nSPS) is 41.5. The summed E-state index contributed by atoms with van der Waals surface area (Å²) < 4.78 is 11.3. The zero-order valence-electron chi connectivity index (χ0n) is 24.9. The summed E-state index contributed by atoms with van der Waals surface area (Å²) in [5.41, 5.74) is 4.10. The first kappa shape index (κ1) is 31.4. The lowest BCUT2D eigenvalue weighted by Gasteiger charge is -2.44. The summed E-state index contributed by atoms with van der Waals surface area (Å²) in [6.45, 7) is 13.9. The molecule has 10 atom stereocenters. The van der Waals surface area contributed by atoms with E-state index in [-0.39, 0.29) is 6.10 Å². The van der Waals surface area contributed by atoms with E-state index >= 15 is 0 Å². The molecule has 0 radical (unpaired) electrons. The molecule has 3 aliphatic carbocycles. The van der Waals surface area contributed by atoms with E-state index in [1.165, 1.54) is 44.9 Å². The molecule has 7 heteroatoms. The minimum Gasteiger partial charge on any atom is -0.479 e. The summed E-state index contributed by atoms with van der Waals surface area (Å²) in [5.74, 6) is 1.55. The quantitative estimate of drug-likeness (QED) is 0.293. The summed E-state index contributed by atoms with van der Waals surface area (Å²) in [7, 11) is 0. The smallest absolute Gasteiger partial charge is 0.335 e. The average molecular weight is 561 g/mol. The van der Waals surface area contributed by atoms with E-state index in [1.807, 2.05) is 0 Å². The molecule has 0 amide bonds. The molecule has 4 aliphatic rings. The number of ether oxygens (including phenoxy) is 2. The molecule has 4 rings (SSSR count). The number of rotatable bonds is 9. The highest BCUT2D eigenvalue weighted by Crippen LogP contribution is 2.60. The molecule has 4 N–H and O–H groups in total. The number of aliphatic carboxylic acids is 1. The zero-order valence-corrected chi connectivity index (χ0v) is 24.9. The largest absolute Gasteiger partial charge is 0.479 e. The van der Waals surface area contributed by atoms with E-state index < -0.39 is 36.7 Å². The van der Waals surface area contributed by atoms with Gasteiger partial charge in [-0.05, 0) is 86.0 Å². The van der Waals surface area contributed by atoms with Gasteiger partial charge in [0, 0.05) is 0 Å². The van der Waals surface area contributed by atoms with Gasteiger partial charge in [0.15, 0.2) is 12.4 Å². The number of carboxylic acids is 1. The number of hydrogen-bond acceptors (Lipinski definition) is 6. The minimum absolute atomic E-state index is 0.314. The second kappa shape index (κ2) is 13.2. The van der Waals surface area contributed by atoms with Crippen LogP contribution in [0.2, 0.25) is 0 Å². The average Bonchev–Trinajstić information content (AvgIpc) is 3.26. The Morgan fingerprint density at radius 1 is 1.07 bits per heavy atom. The maximum Gasteiger partial charge on any atom is 0.335 e. The Bertz CT molecular complexity index is 970. The number of fused-ring (bicyclic) bond motifs is 1. The third-order valence-corrected chi connectivity index (χ3v) is 10.5. The maximum atomic E-state index is 11.5. The molecule has 3 saturated carbocycles. The van der Waals surface area contributed by atoms with Gasteiger partial charge < -0.3 is 29.9 Å². The van der Waals surface area contributed by atoms with E-state index in [2.05, 4.69) is 46.4 Å². The predicted molar refractivity (Wildman–Crippen MR) is 154 cm³/mol. The summed E-state index contributed by atoms with van der Waals surface area (Å²) in [4.78, 5) is 11.5. The van der Waals surface area contributed by atoms with Gasteiger partial charge in [-0.3, -0.25) is 0 Å². The highest BCUT2D eigenvalue weighted by atomic mass is 16.7. The van der Waals surface area contributed by atoms with E-state index in [4.69, 9.17) is 9.47 Å². The van der Waals surface area contributed by atoms with Crippen molar-refractivity contribution in [3.05, 3.63) is 35.5 Å². The Kier molecular flexibility index (Phi) is 10.4. The van der Waals surface area contributed by atoms with Crippen molar-refractivity contribution in [3.8, 4) is 0 Å². The van der Waals surface area contributed by atoms with Crippen LogP contribution in [0.5, 0.6) is 0 Å². The van der Waals surface area contributed by atoms with Crippen molar-refractivity contribution >= 4 is 5.97 Å². The van der Waals surface area contributed by atoms with Gasteiger partial charge in [-0.25, -0.2) is 4.79 Å². The lowest BCUT2D eigenvalue weighted by molar-refractivity contribution is -0.304. The zero-order chi connectivity index (χ0) is 29.2. The molecule has 226 valence electrons. The van der Waals surface area contributed by atoms with Gasteiger partial charge in [-0.2, -0.15) is 0 Å². The van der Waals surface area contributed by atoms with Crippen molar-refractivity contribution in [3.63, 3.8) is 0 Å². The Labute approximate surface area is 240 Å². The van der Waals surface area contributed by atoms with Gasteiger partial charge in [0.2, 0.25) is 0 Å². The monoisotopic (exact) mass is 560 g/mol. The predicted octanol–water partition coefficient (Wildman–Crippen LogP) is 5.54. The lowest BCUT2D eigenvalue weighted by atomic mass is 9.60. The lowest BCUT2D eigenvalue weighted by Crippen LogP contribution is -2.60. The Hall–Kier alpha value is -1.51. The van der Waals surface area contributed by atoms with E-state index in [0.717, 1.165) is 41.7 Å². The maximum absolute atomic E-state index is 11.5. The molecule has 0 bridgehead atoms. The van der Waals surface area contributed by atoms with Gasteiger partial charge in [0.25, 0.3) is 0 Å². The minimum atomic E-state index is -1.72. The van der Waals surface area contributed by atoms with Crippen molar-refractivity contribution in [1.29, 1.82) is 0 Å². The van der Waals surface area contributed by atoms with Gasteiger partial charge in [-0.15, -0.1) is 0 Å². The number of allylic oxidation sites excluding steroid dienone is 4. The topological polar surface area (TPSA) is 116 Å². The third-order valence-electron chi connectivity index (χ3n) is 10.5. The number of aliphatic hydroxyl groups is 3. The van der Waals surface area contributed by atoms with Crippen molar-refractivity contribution in [2.75, 3.05) is 0 Å². The van der Waals surface area contributed by atoms with Crippen molar-refractivity contribution in [2.45, 2.75) is 135 Å². The van der Waals surface area contributed by atoms with E-state index in [1.54, 1.807) is 5.57 Å². The number of carboxylic acid groups (broad SMARTS) is 1. The molecule has 1 heterocycles. The van der Waals surface area contributed by atoms with Crippen LogP contribution in [0.1, 0.15) is 98.3 Å². The molecule has 9 unspecified atom stereocenters. The Morgan fingerprint density at radius 2 is 1.82 bits per heavy atom. The van der Waals surface area contributed by atoms with Crippen LogP contribution >= 0.6 is 0 Å². The molecule has 7 nitrogen and oxygen atoms in total. The summed E-state index contributed by atoms with van der Waals surface area (Å²) >= 11 is 0. The van der Waals surface area contributed by atoms with Crippen LogP contribution < -0.4 is 0 Å². The van der Waals surface area contributed by atoms with Crippen LogP contribution in [-0.2, 0) is 14.3 Å². The van der Waals surface area contributed by atoms with Crippen molar-refractivity contribution in [1.82, 2.24) is 0 Å². The fourth-order valence-corrected chi connectivity index (χ4v) is 8.11. The van der Waals surface area contributed by atoms with E-state index in [9.17, 15) is 25.2 Å². The van der Waals surface area contributed by atoms with Crippen molar-refractivity contribution < 1.29 is 34.7 Å². The van der Waals surface area contributed by atoms with Gasteiger partial charge in [0.1, 0.15) is 18.3 Å². The molecule has 1 aliphatic heterocycles. The highest BCUT2D eigenvalue weighted by Gasteiger charge is 2.51. The molecular weight excluding hydrogens is 508 g/mol. The fourth-order valence-electron chi connectivity index (χ4n) is 8.11. The number of carbonyl (C=O) groups is 1. The van der Waals surface area contributed by atoms with Crippen molar-refractivity contribution in [2.24, 2.45) is 29.1 Å². The van der Waals surface area contributed by atoms with Crippen LogP contribution in [-0.4, -0.2) is 63.2 Å². The fraction of sp³-hybridized carbons (Fsp3) is 0.788. The second-order valence-corrected chi connectivity index (χ2v) is 13.7. The second-order valence-electron chi connectivity index (χ2n) is 13.7. The molecule has 0 spiro atoms. The SMILES string of the molecule is C=C1CCC(OC2OC(C(=O)O)C(O)C(O)C2O)CC1=CC=C1CCC[C@@]2(C)C1CCC2C(C)CCCC(C)C. The van der Waals surface area contributed by atoms with Gasteiger partial charge in [-0.1, -0.05) is 76.8 Å². The molecule has 0 aromatic rings. The molecular formula is C33H52O7. The van der Waals surface area contributed by atoms with Crippen LogP contribution in [0.4, 0.5) is 0 Å².